The summed E-state index contributed by atoms with van der Waals surface area (Å²) in [6.07, 6.45) is 1.76. The van der Waals surface area contributed by atoms with Gasteiger partial charge in [0.15, 0.2) is 0 Å². The van der Waals surface area contributed by atoms with E-state index in [0.29, 0.717) is 38.2 Å². The highest BCUT2D eigenvalue weighted by Crippen LogP contribution is 2.26. The van der Waals surface area contributed by atoms with Gasteiger partial charge in [-0.15, -0.1) is 0 Å². The van der Waals surface area contributed by atoms with Crippen molar-refractivity contribution >= 4 is 15.9 Å². The van der Waals surface area contributed by atoms with Crippen molar-refractivity contribution in [3.05, 3.63) is 35.4 Å². The number of fused-ring (bicyclic) bond motifs is 1. The number of hydrogen-bond acceptors (Lipinski definition) is 4. The molecule has 0 radical (unpaired) electrons. The maximum atomic E-state index is 12.8. The Morgan fingerprint density at radius 1 is 1.26 bits per heavy atom. The van der Waals surface area contributed by atoms with E-state index >= 15 is 0 Å². The minimum atomic E-state index is -3.30. The number of aryl methyl sites for hydroxylation is 1. The van der Waals surface area contributed by atoms with Crippen molar-refractivity contribution in [2.45, 2.75) is 25.5 Å². The van der Waals surface area contributed by atoms with Crippen LogP contribution in [0.25, 0.3) is 0 Å². The van der Waals surface area contributed by atoms with E-state index in [9.17, 15) is 13.2 Å². The van der Waals surface area contributed by atoms with Crippen molar-refractivity contribution in [3.63, 3.8) is 0 Å². The molecule has 0 aromatic heterocycles. The molecule has 1 amide bonds. The second-order valence-electron chi connectivity index (χ2n) is 6.21. The zero-order valence-corrected chi connectivity index (χ0v) is 14.3. The van der Waals surface area contributed by atoms with Gasteiger partial charge in [0.1, 0.15) is 0 Å². The third-order valence-electron chi connectivity index (χ3n) is 4.62. The van der Waals surface area contributed by atoms with Gasteiger partial charge < -0.3 is 9.64 Å². The number of carbonyl (C=O) groups excluding carboxylic acids is 1. The molecule has 2 aliphatic rings. The molecule has 126 valence electrons. The molecule has 0 saturated carbocycles. The fraction of sp³-hybridized carbons (Fsp3) is 0.562. The van der Waals surface area contributed by atoms with E-state index in [1.54, 1.807) is 4.90 Å². The molecular formula is C16H22N2O4S. The Morgan fingerprint density at radius 3 is 2.70 bits per heavy atom. The first-order valence-electron chi connectivity index (χ1n) is 7.81. The molecule has 6 nitrogen and oxygen atoms in total. The number of benzene rings is 1. The van der Waals surface area contributed by atoms with Crippen LogP contribution in [-0.4, -0.2) is 68.2 Å². The van der Waals surface area contributed by atoms with E-state index in [4.69, 9.17) is 4.74 Å². The highest BCUT2D eigenvalue weighted by Gasteiger charge is 2.42. The molecule has 2 heterocycles. The number of hydrogen-bond donors (Lipinski definition) is 0. The van der Waals surface area contributed by atoms with E-state index < -0.39 is 10.0 Å². The second kappa shape index (κ2) is 6.22. The number of rotatable bonds is 2. The molecule has 1 aromatic rings. The lowest BCUT2D eigenvalue weighted by molar-refractivity contribution is -0.0704. The summed E-state index contributed by atoms with van der Waals surface area (Å²) in [5, 5.41) is 0. The Labute approximate surface area is 137 Å². The average molecular weight is 338 g/mol. The van der Waals surface area contributed by atoms with Gasteiger partial charge in [-0.3, -0.25) is 4.79 Å². The molecule has 0 unspecified atom stereocenters. The lowest BCUT2D eigenvalue weighted by Crippen LogP contribution is -2.61. The van der Waals surface area contributed by atoms with Gasteiger partial charge in [0.25, 0.3) is 5.91 Å². The summed E-state index contributed by atoms with van der Waals surface area (Å²) in [6.45, 7) is 3.65. The molecule has 2 fully saturated rings. The van der Waals surface area contributed by atoms with Crippen molar-refractivity contribution in [3.8, 4) is 0 Å². The molecule has 2 atom stereocenters. The largest absolute Gasteiger partial charge is 0.375 e. The van der Waals surface area contributed by atoms with Gasteiger partial charge in [0, 0.05) is 25.2 Å². The quantitative estimate of drug-likeness (QED) is 0.802. The molecule has 23 heavy (non-hydrogen) atoms. The van der Waals surface area contributed by atoms with Crippen molar-refractivity contribution in [2.24, 2.45) is 0 Å². The highest BCUT2D eigenvalue weighted by molar-refractivity contribution is 7.88. The number of piperidine rings is 1. The van der Waals surface area contributed by atoms with Crippen molar-refractivity contribution < 1.29 is 17.9 Å². The van der Waals surface area contributed by atoms with E-state index in [0.717, 1.165) is 5.56 Å². The van der Waals surface area contributed by atoms with Crippen LogP contribution in [0.2, 0.25) is 0 Å². The van der Waals surface area contributed by atoms with Crippen LogP contribution < -0.4 is 0 Å². The van der Waals surface area contributed by atoms with E-state index in [2.05, 4.69) is 0 Å². The molecular weight excluding hydrogens is 316 g/mol. The molecule has 3 rings (SSSR count). The van der Waals surface area contributed by atoms with Gasteiger partial charge in [-0.25, -0.2) is 8.42 Å². The zero-order valence-electron chi connectivity index (χ0n) is 13.4. The van der Waals surface area contributed by atoms with Gasteiger partial charge in [0.05, 0.1) is 25.0 Å². The average Bonchev–Trinajstić information content (AvgIpc) is 2.52. The summed E-state index contributed by atoms with van der Waals surface area (Å²) in [6, 6.07) is 7.18. The smallest absolute Gasteiger partial charge is 0.254 e. The Kier molecular flexibility index (Phi) is 4.44. The summed E-state index contributed by atoms with van der Waals surface area (Å²) < 4.78 is 31.2. The fourth-order valence-electron chi connectivity index (χ4n) is 3.42. The predicted molar refractivity (Wildman–Crippen MR) is 86.8 cm³/mol. The fourth-order valence-corrected chi connectivity index (χ4v) is 4.52. The minimum Gasteiger partial charge on any atom is -0.375 e. The first-order chi connectivity index (χ1) is 10.9. The normalized spacial score (nSPS) is 25.9. The number of ether oxygens (including phenoxy) is 1. The minimum absolute atomic E-state index is 0.0411. The number of carbonyl (C=O) groups is 1. The highest BCUT2D eigenvalue weighted by atomic mass is 32.2. The Hall–Kier alpha value is -1.44. The van der Waals surface area contributed by atoms with Gasteiger partial charge in [-0.2, -0.15) is 4.31 Å². The summed E-state index contributed by atoms with van der Waals surface area (Å²) in [5.74, 6) is -0.0411. The van der Waals surface area contributed by atoms with Gasteiger partial charge in [-0.1, -0.05) is 18.2 Å². The molecule has 0 aliphatic carbocycles. The lowest BCUT2D eigenvalue weighted by atomic mass is 9.99. The Balaban J connectivity index is 1.82. The standard InChI is InChI=1S/C16H22N2O4S/c1-12-5-3-4-6-13(12)16(19)17-8-7-15-14(11-17)18(9-10-22-15)23(2,20)21/h3-6,14-15H,7-11H2,1-2H3/t14-,15-/m1/s1. The van der Waals surface area contributed by atoms with E-state index in [1.807, 2.05) is 31.2 Å². The number of amides is 1. The topological polar surface area (TPSA) is 66.9 Å². The molecule has 2 saturated heterocycles. The number of sulfonamides is 1. The summed E-state index contributed by atoms with van der Waals surface area (Å²) in [5.41, 5.74) is 1.60. The first kappa shape index (κ1) is 16.4. The molecule has 0 spiro atoms. The van der Waals surface area contributed by atoms with Crippen LogP contribution in [0.5, 0.6) is 0 Å². The van der Waals surface area contributed by atoms with Gasteiger partial charge >= 0.3 is 0 Å². The van der Waals surface area contributed by atoms with E-state index in [-0.39, 0.29) is 18.1 Å². The summed E-state index contributed by atoms with van der Waals surface area (Å²) in [4.78, 5) is 14.5. The van der Waals surface area contributed by atoms with Gasteiger partial charge in [-0.05, 0) is 25.0 Å². The van der Waals surface area contributed by atoms with Crippen molar-refractivity contribution in [1.29, 1.82) is 0 Å². The van der Waals surface area contributed by atoms with Gasteiger partial charge in [0.2, 0.25) is 10.0 Å². The first-order valence-corrected chi connectivity index (χ1v) is 9.66. The molecule has 1 aromatic carbocycles. The van der Waals surface area contributed by atoms with Crippen LogP contribution in [0.1, 0.15) is 22.3 Å². The Bertz CT molecular complexity index is 704. The summed E-state index contributed by atoms with van der Waals surface area (Å²) in [7, 11) is -3.30. The third-order valence-corrected chi connectivity index (χ3v) is 5.93. The van der Waals surface area contributed by atoms with Crippen molar-refractivity contribution in [2.75, 3.05) is 32.5 Å². The number of morpholine rings is 1. The lowest BCUT2D eigenvalue weighted by Gasteiger charge is -2.45. The number of nitrogens with zero attached hydrogens (tertiary/aromatic N) is 2. The SMILES string of the molecule is Cc1ccccc1C(=O)N1CC[C@H]2OCCN(S(C)(=O)=O)[C@@H]2C1. The zero-order chi connectivity index (χ0) is 16.6. The van der Waals surface area contributed by atoms with Crippen LogP contribution in [0.15, 0.2) is 24.3 Å². The van der Waals surface area contributed by atoms with Crippen LogP contribution in [0, 0.1) is 6.92 Å². The van der Waals surface area contributed by atoms with Crippen LogP contribution in [0.3, 0.4) is 0 Å². The van der Waals surface area contributed by atoms with Crippen LogP contribution >= 0.6 is 0 Å². The Morgan fingerprint density at radius 2 is 2.00 bits per heavy atom. The molecule has 7 heteroatoms. The predicted octanol–water partition coefficient (Wildman–Crippen LogP) is 0.870. The number of likely N-dealkylation sites (tertiary alicyclic amines) is 1. The molecule has 0 bridgehead atoms. The third kappa shape index (κ3) is 3.27. The maximum Gasteiger partial charge on any atom is 0.254 e. The maximum absolute atomic E-state index is 12.8. The van der Waals surface area contributed by atoms with Crippen LogP contribution in [0.4, 0.5) is 0 Å². The molecule has 2 aliphatic heterocycles. The van der Waals surface area contributed by atoms with E-state index in [1.165, 1.54) is 10.6 Å². The molecule has 0 N–H and O–H groups in total. The monoisotopic (exact) mass is 338 g/mol. The van der Waals surface area contributed by atoms with Crippen molar-refractivity contribution in [1.82, 2.24) is 9.21 Å². The second-order valence-corrected chi connectivity index (χ2v) is 8.14. The summed E-state index contributed by atoms with van der Waals surface area (Å²) >= 11 is 0. The van der Waals surface area contributed by atoms with Crippen LogP contribution in [-0.2, 0) is 14.8 Å².